The smallest absolute Gasteiger partial charge is 0.344 e. The number of nitrogens with one attached hydrogen (secondary N) is 2. The average Bonchev–Trinajstić information content (AvgIpc) is 3.21. The summed E-state index contributed by atoms with van der Waals surface area (Å²) in [4.78, 5) is 16.2. The van der Waals surface area contributed by atoms with Crippen LogP contribution in [0, 0.1) is 0 Å². The molecular formula is C13H17N5OS. The molecule has 2 aromatic rings. The van der Waals surface area contributed by atoms with E-state index in [1.165, 1.54) is 0 Å². The molecule has 0 saturated heterocycles. The Labute approximate surface area is 121 Å². The van der Waals surface area contributed by atoms with Gasteiger partial charge in [0, 0.05) is 18.3 Å². The molecule has 2 heterocycles. The van der Waals surface area contributed by atoms with Gasteiger partial charge in [0.05, 0.1) is 5.69 Å². The third-order valence-corrected chi connectivity index (χ3v) is 4.08. The van der Waals surface area contributed by atoms with Gasteiger partial charge in [-0.05, 0) is 31.9 Å². The minimum atomic E-state index is -0.107. The minimum absolute atomic E-state index is 0.107. The maximum Gasteiger partial charge on any atom is 0.344 e. The van der Waals surface area contributed by atoms with Crippen molar-refractivity contribution in [1.82, 2.24) is 19.7 Å². The lowest BCUT2D eigenvalue weighted by atomic mass is 10.4. The molecule has 20 heavy (non-hydrogen) atoms. The summed E-state index contributed by atoms with van der Waals surface area (Å²) < 4.78 is 1.76. The van der Waals surface area contributed by atoms with Gasteiger partial charge < -0.3 is 5.32 Å². The molecule has 0 atom stereocenters. The molecule has 0 unspecified atom stereocenters. The molecule has 0 radical (unpaired) electrons. The van der Waals surface area contributed by atoms with Crippen molar-refractivity contribution in [2.24, 2.45) is 0 Å². The van der Waals surface area contributed by atoms with E-state index in [0.29, 0.717) is 11.8 Å². The number of hydrogen-bond acceptors (Lipinski definition) is 5. The zero-order chi connectivity index (χ0) is 13.9. The summed E-state index contributed by atoms with van der Waals surface area (Å²) in [6, 6.07) is 6.26. The van der Waals surface area contributed by atoms with Crippen molar-refractivity contribution >= 4 is 17.6 Å². The molecule has 2 N–H and O–H groups in total. The van der Waals surface area contributed by atoms with Crippen LogP contribution in [0.5, 0.6) is 0 Å². The van der Waals surface area contributed by atoms with E-state index in [1.807, 2.05) is 25.1 Å². The second-order valence-electron chi connectivity index (χ2n) is 4.75. The van der Waals surface area contributed by atoms with Gasteiger partial charge in [-0.25, -0.2) is 14.9 Å². The third kappa shape index (κ3) is 2.87. The van der Waals surface area contributed by atoms with Crippen LogP contribution in [-0.2, 0) is 5.75 Å². The summed E-state index contributed by atoms with van der Waals surface area (Å²) in [5, 5.41) is 10.6. The molecule has 1 aliphatic rings. The van der Waals surface area contributed by atoms with E-state index in [-0.39, 0.29) is 5.69 Å². The van der Waals surface area contributed by atoms with Gasteiger partial charge in [-0.15, -0.1) is 5.10 Å². The van der Waals surface area contributed by atoms with Crippen LogP contribution in [0.4, 0.5) is 5.82 Å². The summed E-state index contributed by atoms with van der Waals surface area (Å²) >= 11 is 1.55. The van der Waals surface area contributed by atoms with Crippen LogP contribution in [0.2, 0.25) is 0 Å². The van der Waals surface area contributed by atoms with Gasteiger partial charge >= 0.3 is 5.69 Å². The minimum Gasteiger partial charge on any atom is -0.370 e. The molecular weight excluding hydrogens is 274 g/mol. The largest absolute Gasteiger partial charge is 0.370 e. The lowest BCUT2D eigenvalue weighted by molar-refractivity contribution is 0.642. The molecule has 6 nitrogen and oxygen atoms in total. The molecule has 7 heteroatoms. The maximum absolute atomic E-state index is 11.7. The first kappa shape index (κ1) is 13.2. The molecule has 0 aliphatic heterocycles. The van der Waals surface area contributed by atoms with Crippen LogP contribution in [-0.4, -0.2) is 26.3 Å². The van der Waals surface area contributed by atoms with Gasteiger partial charge in [0.1, 0.15) is 5.82 Å². The van der Waals surface area contributed by atoms with Crippen molar-refractivity contribution in [2.75, 3.05) is 11.9 Å². The van der Waals surface area contributed by atoms with Crippen molar-refractivity contribution in [1.29, 1.82) is 0 Å². The number of thioether (sulfide) groups is 1. The second kappa shape index (κ2) is 5.70. The Morgan fingerprint density at radius 1 is 1.50 bits per heavy atom. The summed E-state index contributed by atoms with van der Waals surface area (Å²) in [5.74, 6) is 1.59. The number of nitrogens with zero attached hydrogens (tertiary/aromatic N) is 3. The maximum atomic E-state index is 11.7. The standard InChI is InChI=1S/C13H17N5OS/c1-2-14-11-5-3-4-9(15-11)8-20-13-17-16-12(19)18(13)10-6-7-10/h3-5,10H,2,6-8H2,1H3,(H,14,15)(H,16,19). The molecule has 0 bridgehead atoms. The first-order chi connectivity index (χ1) is 9.78. The number of pyridine rings is 1. The Morgan fingerprint density at radius 3 is 3.10 bits per heavy atom. The first-order valence-electron chi connectivity index (χ1n) is 6.77. The van der Waals surface area contributed by atoms with Crippen LogP contribution < -0.4 is 11.0 Å². The van der Waals surface area contributed by atoms with Crippen molar-refractivity contribution < 1.29 is 0 Å². The highest BCUT2D eigenvalue weighted by atomic mass is 32.2. The third-order valence-electron chi connectivity index (χ3n) is 3.10. The molecule has 0 aromatic carbocycles. The zero-order valence-corrected chi connectivity index (χ0v) is 12.1. The fraction of sp³-hybridized carbons (Fsp3) is 0.462. The average molecular weight is 291 g/mol. The highest BCUT2D eigenvalue weighted by Crippen LogP contribution is 2.36. The van der Waals surface area contributed by atoms with Crippen molar-refractivity contribution in [3.63, 3.8) is 0 Å². The number of hydrogen-bond donors (Lipinski definition) is 2. The molecule has 106 valence electrons. The molecule has 0 amide bonds. The predicted octanol–water partition coefficient (Wildman–Crippen LogP) is 2.03. The molecule has 1 saturated carbocycles. The number of H-pyrrole nitrogens is 1. The lowest BCUT2D eigenvalue weighted by Gasteiger charge is -2.06. The Balaban J connectivity index is 1.70. The van der Waals surface area contributed by atoms with Crippen molar-refractivity contribution in [3.8, 4) is 0 Å². The summed E-state index contributed by atoms with van der Waals surface area (Å²) in [6.45, 7) is 2.89. The number of rotatable bonds is 6. The summed E-state index contributed by atoms with van der Waals surface area (Å²) in [5.41, 5.74) is 0.871. The van der Waals surface area contributed by atoms with Gasteiger partial charge in [-0.2, -0.15) is 0 Å². The van der Waals surface area contributed by atoms with Gasteiger partial charge in [-0.3, -0.25) is 4.57 Å². The van der Waals surface area contributed by atoms with Crippen molar-refractivity contribution in [3.05, 3.63) is 34.4 Å². The number of anilines is 1. The normalized spacial score (nSPS) is 14.4. The Bertz CT molecular complexity index is 646. The zero-order valence-electron chi connectivity index (χ0n) is 11.3. The quantitative estimate of drug-likeness (QED) is 0.796. The van der Waals surface area contributed by atoms with Crippen LogP contribution in [0.1, 0.15) is 31.5 Å². The van der Waals surface area contributed by atoms with E-state index in [9.17, 15) is 4.79 Å². The molecule has 0 spiro atoms. The fourth-order valence-corrected chi connectivity index (χ4v) is 2.94. The Morgan fingerprint density at radius 2 is 2.35 bits per heavy atom. The second-order valence-corrected chi connectivity index (χ2v) is 5.69. The summed E-state index contributed by atoms with van der Waals surface area (Å²) in [6.07, 6.45) is 2.14. The topological polar surface area (TPSA) is 75.6 Å². The Hall–Kier alpha value is -1.76. The predicted molar refractivity (Wildman–Crippen MR) is 79.1 cm³/mol. The lowest BCUT2D eigenvalue weighted by Crippen LogP contribution is -2.16. The van der Waals surface area contributed by atoms with Gasteiger partial charge in [-0.1, -0.05) is 17.8 Å². The van der Waals surface area contributed by atoms with Gasteiger partial charge in [0.2, 0.25) is 0 Å². The molecule has 3 rings (SSSR count). The van der Waals surface area contributed by atoms with E-state index in [2.05, 4.69) is 20.5 Å². The van der Waals surface area contributed by atoms with Gasteiger partial charge in [0.25, 0.3) is 0 Å². The fourth-order valence-electron chi connectivity index (χ4n) is 2.02. The van der Waals surface area contributed by atoms with E-state index in [4.69, 9.17) is 0 Å². The van der Waals surface area contributed by atoms with Crippen LogP contribution in [0.3, 0.4) is 0 Å². The van der Waals surface area contributed by atoms with E-state index < -0.39 is 0 Å². The van der Waals surface area contributed by atoms with Gasteiger partial charge in [0.15, 0.2) is 5.16 Å². The monoisotopic (exact) mass is 291 g/mol. The summed E-state index contributed by atoms with van der Waals surface area (Å²) in [7, 11) is 0. The Kier molecular flexibility index (Phi) is 3.77. The number of aromatic nitrogens is 4. The van der Waals surface area contributed by atoms with E-state index >= 15 is 0 Å². The molecule has 1 fully saturated rings. The van der Waals surface area contributed by atoms with Crippen LogP contribution in [0.15, 0.2) is 28.2 Å². The molecule has 2 aromatic heterocycles. The SMILES string of the molecule is CCNc1cccc(CSc2n[nH]c(=O)n2C2CC2)n1. The van der Waals surface area contributed by atoms with Crippen LogP contribution >= 0.6 is 11.8 Å². The first-order valence-corrected chi connectivity index (χ1v) is 7.76. The van der Waals surface area contributed by atoms with Crippen LogP contribution in [0.25, 0.3) is 0 Å². The number of aromatic amines is 1. The van der Waals surface area contributed by atoms with E-state index in [1.54, 1.807) is 16.3 Å². The van der Waals surface area contributed by atoms with E-state index in [0.717, 1.165) is 36.1 Å². The van der Waals surface area contributed by atoms with Crippen molar-refractivity contribution in [2.45, 2.75) is 36.7 Å². The highest BCUT2D eigenvalue weighted by Gasteiger charge is 2.28. The highest BCUT2D eigenvalue weighted by molar-refractivity contribution is 7.98. The molecule has 1 aliphatic carbocycles.